The molecule has 0 bridgehead atoms. The standard InChI is InChI=1S/C13H17N3O2/c1-9(2)13(4-5-14-8-13)12-15-11(16-18-12)10-3-6-17-7-10/h3,6-7,9,14H,4-5,8H2,1-2H3. The third kappa shape index (κ3) is 1.66. The first-order valence-electron chi connectivity index (χ1n) is 6.30. The minimum Gasteiger partial charge on any atom is -0.472 e. The second kappa shape index (κ2) is 4.24. The Bertz CT molecular complexity index is 510. The van der Waals surface area contributed by atoms with Crippen LogP contribution < -0.4 is 5.32 Å². The molecule has 1 aliphatic heterocycles. The van der Waals surface area contributed by atoms with Crippen LogP contribution in [0.2, 0.25) is 0 Å². The lowest BCUT2D eigenvalue weighted by molar-refractivity contribution is 0.234. The smallest absolute Gasteiger partial charge is 0.234 e. The number of hydrogen-bond donors (Lipinski definition) is 1. The van der Waals surface area contributed by atoms with Gasteiger partial charge in [0.2, 0.25) is 11.7 Å². The summed E-state index contributed by atoms with van der Waals surface area (Å²) in [7, 11) is 0. The maximum Gasteiger partial charge on any atom is 0.234 e. The third-order valence-electron chi connectivity index (χ3n) is 3.92. The first kappa shape index (κ1) is 11.5. The number of nitrogens with one attached hydrogen (secondary N) is 1. The molecule has 1 saturated heterocycles. The van der Waals surface area contributed by atoms with Crippen molar-refractivity contribution in [2.45, 2.75) is 25.7 Å². The molecule has 0 aliphatic carbocycles. The van der Waals surface area contributed by atoms with E-state index in [9.17, 15) is 0 Å². The largest absolute Gasteiger partial charge is 0.472 e. The van der Waals surface area contributed by atoms with Crippen LogP contribution in [-0.4, -0.2) is 23.2 Å². The van der Waals surface area contributed by atoms with Gasteiger partial charge in [-0.05, 0) is 24.9 Å². The fraction of sp³-hybridized carbons (Fsp3) is 0.538. The summed E-state index contributed by atoms with van der Waals surface area (Å²) < 4.78 is 10.5. The highest BCUT2D eigenvalue weighted by molar-refractivity contribution is 5.51. The molecule has 3 heterocycles. The Morgan fingerprint density at radius 3 is 2.94 bits per heavy atom. The van der Waals surface area contributed by atoms with Gasteiger partial charge in [-0.15, -0.1) is 0 Å². The molecule has 5 nitrogen and oxygen atoms in total. The van der Waals surface area contributed by atoms with Crippen molar-refractivity contribution < 1.29 is 8.94 Å². The van der Waals surface area contributed by atoms with E-state index in [4.69, 9.17) is 8.94 Å². The van der Waals surface area contributed by atoms with Crippen molar-refractivity contribution in [3.63, 3.8) is 0 Å². The third-order valence-corrected chi connectivity index (χ3v) is 3.92. The molecule has 5 heteroatoms. The Balaban J connectivity index is 1.97. The Hall–Kier alpha value is -1.62. The molecular formula is C13H17N3O2. The predicted molar refractivity (Wildman–Crippen MR) is 66.0 cm³/mol. The van der Waals surface area contributed by atoms with Gasteiger partial charge >= 0.3 is 0 Å². The molecule has 96 valence electrons. The monoisotopic (exact) mass is 247 g/mol. The fourth-order valence-corrected chi connectivity index (χ4v) is 2.57. The summed E-state index contributed by atoms with van der Waals surface area (Å²) in [5.74, 6) is 1.80. The summed E-state index contributed by atoms with van der Waals surface area (Å²) in [6.07, 6.45) is 4.28. The summed E-state index contributed by atoms with van der Waals surface area (Å²) >= 11 is 0. The molecule has 1 fully saturated rings. The first-order valence-corrected chi connectivity index (χ1v) is 6.30. The Morgan fingerprint density at radius 1 is 1.44 bits per heavy atom. The van der Waals surface area contributed by atoms with E-state index >= 15 is 0 Å². The average molecular weight is 247 g/mol. The summed E-state index contributed by atoms with van der Waals surface area (Å²) in [4.78, 5) is 4.55. The molecule has 0 radical (unpaired) electrons. The molecule has 0 saturated carbocycles. The van der Waals surface area contributed by atoms with Crippen molar-refractivity contribution in [2.75, 3.05) is 13.1 Å². The summed E-state index contributed by atoms with van der Waals surface area (Å²) in [5, 5.41) is 7.45. The van der Waals surface area contributed by atoms with E-state index in [-0.39, 0.29) is 5.41 Å². The van der Waals surface area contributed by atoms with Crippen LogP contribution in [-0.2, 0) is 5.41 Å². The highest BCUT2D eigenvalue weighted by Crippen LogP contribution is 2.37. The van der Waals surface area contributed by atoms with Gasteiger partial charge in [-0.1, -0.05) is 19.0 Å². The highest BCUT2D eigenvalue weighted by Gasteiger charge is 2.43. The lowest BCUT2D eigenvalue weighted by atomic mass is 9.76. The topological polar surface area (TPSA) is 64.1 Å². The molecule has 1 unspecified atom stereocenters. The first-order chi connectivity index (χ1) is 8.72. The van der Waals surface area contributed by atoms with E-state index in [2.05, 4.69) is 29.3 Å². The molecule has 1 atom stereocenters. The predicted octanol–water partition coefficient (Wildman–Crippen LogP) is 2.22. The number of furan rings is 1. The van der Waals surface area contributed by atoms with Gasteiger partial charge in [-0.3, -0.25) is 0 Å². The van der Waals surface area contributed by atoms with E-state index in [1.807, 2.05) is 6.07 Å². The van der Waals surface area contributed by atoms with Crippen LogP contribution >= 0.6 is 0 Å². The SMILES string of the molecule is CC(C)C1(c2nc(-c3ccoc3)no2)CCNC1. The number of hydrogen-bond acceptors (Lipinski definition) is 5. The van der Waals surface area contributed by atoms with E-state index in [1.165, 1.54) is 0 Å². The van der Waals surface area contributed by atoms with Gasteiger partial charge in [0.05, 0.1) is 17.2 Å². The molecule has 1 aliphatic rings. The lowest BCUT2D eigenvalue weighted by Gasteiger charge is -2.27. The maximum absolute atomic E-state index is 5.49. The molecule has 0 amide bonds. The molecular weight excluding hydrogens is 230 g/mol. The lowest BCUT2D eigenvalue weighted by Crippen LogP contribution is -2.35. The van der Waals surface area contributed by atoms with Crippen LogP contribution in [0.25, 0.3) is 11.4 Å². The van der Waals surface area contributed by atoms with Crippen molar-refractivity contribution in [3.8, 4) is 11.4 Å². The Morgan fingerprint density at radius 2 is 2.33 bits per heavy atom. The normalized spacial score (nSPS) is 23.9. The van der Waals surface area contributed by atoms with Crippen LogP contribution in [0.3, 0.4) is 0 Å². The van der Waals surface area contributed by atoms with Crippen LogP contribution in [0.4, 0.5) is 0 Å². The molecule has 1 N–H and O–H groups in total. The second-order valence-electron chi connectivity index (χ2n) is 5.17. The molecule has 2 aromatic heterocycles. The van der Waals surface area contributed by atoms with Crippen LogP contribution in [0.5, 0.6) is 0 Å². The van der Waals surface area contributed by atoms with Crippen molar-refractivity contribution in [3.05, 3.63) is 24.5 Å². The molecule has 0 spiro atoms. The van der Waals surface area contributed by atoms with Gasteiger partial charge in [0, 0.05) is 6.54 Å². The minimum absolute atomic E-state index is 0.0328. The van der Waals surface area contributed by atoms with Gasteiger partial charge in [0.1, 0.15) is 6.26 Å². The number of aromatic nitrogens is 2. The zero-order valence-corrected chi connectivity index (χ0v) is 10.6. The van der Waals surface area contributed by atoms with Crippen LogP contribution in [0.1, 0.15) is 26.2 Å². The second-order valence-corrected chi connectivity index (χ2v) is 5.17. The van der Waals surface area contributed by atoms with Gasteiger partial charge in [0.15, 0.2) is 0 Å². The van der Waals surface area contributed by atoms with Crippen molar-refractivity contribution in [1.29, 1.82) is 0 Å². The van der Waals surface area contributed by atoms with E-state index in [0.29, 0.717) is 11.7 Å². The van der Waals surface area contributed by atoms with Crippen LogP contribution in [0, 0.1) is 5.92 Å². The highest BCUT2D eigenvalue weighted by atomic mass is 16.5. The zero-order chi connectivity index (χ0) is 12.6. The average Bonchev–Trinajstić information content (AvgIpc) is 3.11. The number of nitrogens with zero attached hydrogens (tertiary/aromatic N) is 2. The minimum atomic E-state index is -0.0328. The number of rotatable bonds is 3. The van der Waals surface area contributed by atoms with Crippen LogP contribution in [0.15, 0.2) is 27.5 Å². The van der Waals surface area contributed by atoms with Gasteiger partial charge in [-0.25, -0.2) is 0 Å². The fourth-order valence-electron chi connectivity index (χ4n) is 2.57. The van der Waals surface area contributed by atoms with Crippen molar-refractivity contribution >= 4 is 0 Å². The zero-order valence-electron chi connectivity index (χ0n) is 10.6. The van der Waals surface area contributed by atoms with E-state index in [1.54, 1.807) is 12.5 Å². The summed E-state index contributed by atoms with van der Waals surface area (Å²) in [6, 6.07) is 1.84. The van der Waals surface area contributed by atoms with E-state index in [0.717, 1.165) is 31.0 Å². The quantitative estimate of drug-likeness (QED) is 0.901. The Kier molecular flexibility index (Phi) is 2.70. The van der Waals surface area contributed by atoms with Crippen molar-refractivity contribution in [1.82, 2.24) is 15.5 Å². The molecule has 0 aromatic carbocycles. The van der Waals surface area contributed by atoms with Gasteiger partial charge in [0.25, 0.3) is 0 Å². The molecule has 18 heavy (non-hydrogen) atoms. The Labute approximate surface area is 106 Å². The maximum atomic E-state index is 5.49. The van der Waals surface area contributed by atoms with Gasteiger partial charge in [-0.2, -0.15) is 4.98 Å². The van der Waals surface area contributed by atoms with Crippen molar-refractivity contribution in [2.24, 2.45) is 5.92 Å². The van der Waals surface area contributed by atoms with Gasteiger partial charge < -0.3 is 14.3 Å². The molecule has 2 aromatic rings. The summed E-state index contributed by atoms with van der Waals surface area (Å²) in [5.41, 5.74) is 0.824. The molecule has 3 rings (SSSR count). The summed E-state index contributed by atoms with van der Waals surface area (Å²) in [6.45, 7) is 6.31. The van der Waals surface area contributed by atoms with E-state index < -0.39 is 0 Å².